The molecular weight excluding hydrogens is 280 g/mol. The molecule has 0 N–H and O–H groups in total. The van der Waals surface area contributed by atoms with Crippen LogP contribution in [-0.4, -0.2) is 39.7 Å². The van der Waals surface area contributed by atoms with Gasteiger partial charge in [0.25, 0.3) is 0 Å². The van der Waals surface area contributed by atoms with E-state index < -0.39 is 0 Å². The molecule has 0 saturated heterocycles. The van der Waals surface area contributed by atoms with E-state index in [2.05, 4.69) is 27.1 Å². The topological polar surface area (TPSA) is 64.3 Å². The van der Waals surface area contributed by atoms with E-state index in [1.807, 2.05) is 27.7 Å². The zero-order valence-corrected chi connectivity index (χ0v) is 13.8. The Kier molecular flexibility index (Phi) is 3.87. The summed E-state index contributed by atoms with van der Waals surface area (Å²) >= 11 is 0. The molecule has 22 heavy (non-hydrogen) atoms. The number of hydrogen-bond donors (Lipinski definition) is 0. The zero-order valence-electron chi connectivity index (χ0n) is 13.8. The standard InChI is InChI=1S/C16H22N4O2/c1-9-14-6-13(21-16(14)18-12(4)17-9)7-20(5)8-15-10(2)19-22-11(15)3/h13H,6-8H2,1-5H3/t13-/m0/s1. The van der Waals surface area contributed by atoms with E-state index in [-0.39, 0.29) is 6.10 Å². The van der Waals surface area contributed by atoms with Crippen molar-refractivity contribution in [3.8, 4) is 5.88 Å². The van der Waals surface area contributed by atoms with Gasteiger partial charge in [0, 0.05) is 36.3 Å². The lowest BCUT2D eigenvalue weighted by Crippen LogP contribution is -2.32. The van der Waals surface area contributed by atoms with Crippen LogP contribution in [0.1, 0.15) is 34.1 Å². The fraction of sp³-hybridized carbons (Fsp3) is 0.562. The number of fused-ring (bicyclic) bond motifs is 1. The van der Waals surface area contributed by atoms with Gasteiger partial charge in [-0.3, -0.25) is 4.90 Å². The van der Waals surface area contributed by atoms with Crippen LogP contribution in [0.2, 0.25) is 0 Å². The van der Waals surface area contributed by atoms with Crippen LogP contribution < -0.4 is 4.74 Å². The van der Waals surface area contributed by atoms with Gasteiger partial charge in [0.15, 0.2) is 0 Å². The van der Waals surface area contributed by atoms with Crippen molar-refractivity contribution in [2.75, 3.05) is 13.6 Å². The first-order chi connectivity index (χ1) is 10.4. The fourth-order valence-electron chi connectivity index (χ4n) is 2.98. The first-order valence-electron chi connectivity index (χ1n) is 7.55. The Balaban J connectivity index is 1.65. The Morgan fingerprint density at radius 2 is 1.91 bits per heavy atom. The summed E-state index contributed by atoms with van der Waals surface area (Å²) in [4.78, 5) is 11.1. The predicted octanol–water partition coefficient (Wildman–Crippen LogP) is 2.13. The molecule has 3 rings (SSSR count). The molecule has 0 aliphatic carbocycles. The van der Waals surface area contributed by atoms with Gasteiger partial charge >= 0.3 is 0 Å². The first-order valence-corrected chi connectivity index (χ1v) is 7.55. The minimum atomic E-state index is 0.121. The highest BCUT2D eigenvalue weighted by molar-refractivity contribution is 5.34. The maximum Gasteiger partial charge on any atom is 0.220 e. The monoisotopic (exact) mass is 302 g/mol. The van der Waals surface area contributed by atoms with E-state index >= 15 is 0 Å². The smallest absolute Gasteiger partial charge is 0.220 e. The lowest BCUT2D eigenvalue weighted by atomic mass is 10.1. The minimum absolute atomic E-state index is 0.121. The van der Waals surface area contributed by atoms with Crippen LogP contribution in [0.5, 0.6) is 5.88 Å². The lowest BCUT2D eigenvalue weighted by Gasteiger charge is -2.20. The van der Waals surface area contributed by atoms with Gasteiger partial charge < -0.3 is 9.26 Å². The number of aryl methyl sites for hydroxylation is 4. The first kappa shape index (κ1) is 15.0. The molecule has 0 spiro atoms. The van der Waals surface area contributed by atoms with Crippen molar-refractivity contribution >= 4 is 0 Å². The lowest BCUT2D eigenvalue weighted by molar-refractivity contribution is 0.160. The van der Waals surface area contributed by atoms with Crippen LogP contribution in [0.3, 0.4) is 0 Å². The summed E-state index contributed by atoms with van der Waals surface area (Å²) in [7, 11) is 2.09. The Bertz CT molecular complexity index is 676. The molecule has 0 aromatic carbocycles. The molecular formula is C16H22N4O2. The number of aromatic nitrogens is 3. The van der Waals surface area contributed by atoms with Crippen LogP contribution in [-0.2, 0) is 13.0 Å². The predicted molar refractivity (Wildman–Crippen MR) is 81.9 cm³/mol. The van der Waals surface area contributed by atoms with Crippen LogP contribution in [0.15, 0.2) is 4.52 Å². The summed E-state index contributed by atoms with van der Waals surface area (Å²) in [5.41, 5.74) is 4.28. The van der Waals surface area contributed by atoms with E-state index in [1.165, 1.54) is 0 Å². The number of ether oxygens (including phenoxy) is 1. The molecule has 118 valence electrons. The quantitative estimate of drug-likeness (QED) is 0.862. The summed E-state index contributed by atoms with van der Waals surface area (Å²) < 4.78 is 11.2. The Hall–Kier alpha value is -1.95. The van der Waals surface area contributed by atoms with Gasteiger partial charge in [0.05, 0.1) is 5.69 Å². The van der Waals surface area contributed by atoms with Gasteiger partial charge in [-0.1, -0.05) is 5.16 Å². The molecule has 1 aliphatic heterocycles. The van der Waals surface area contributed by atoms with Crippen molar-refractivity contribution in [1.82, 2.24) is 20.0 Å². The molecule has 0 fully saturated rings. The van der Waals surface area contributed by atoms with E-state index in [1.54, 1.807) is 0 Å². The third-order valence-electron chi connectivity index (χ3n) is 4.12. The largest absolute Gasteiger partial charge is 0.472 e. The summed E-state index contributed by atoms with van der Waals surface area (Å²) in [6, 6.07) is 0. The summed E-state index contributed by atoms with van der Waals surface area (Å²) in [6.45, 7) is 9.48. The molecule has 0 radical (unpaired) electrons. The molecule has 2 aromatic heterocycles. The Morgan fingerprint density at radius 1 is 1.14 bits per heavy atom. The van der Waals surface area contributed by atoms with E-state index in [9.17, 15) is 0 Å². The highest BCUT2D eigenvalue weighted by atomic mass is 16.5. The maximum atomic E-state index is 5.99. The molecule has 0 unspecified atom stereocenters. The van der Waals surface area contributed by atoms with Crippen LogP contribution in [0, 0.1) is 27.7 Å². The van der Waals surface area contributed by atoms with Crippen molar-refractivity contribution in [3.05, 3.63) is 34.1 Å². The molecule has 0 saturated carbocycles. The van der Waals surface area contributed by atoms with Crippen LogP contribution >= 0.6 is 0 Å². The van der Waals surface area contributed by atoms with Gasteiger partial charge in [-0.05, 0) is 34.7 Å². The summed E-state index contributed by atoms with van der Waals surface area (Å²) in [5.74, 6) is 2.40. The summed E-state index contributed by atoms with van der Waals surface area (Å²) in [5, 5.41) is 4.00. The second-order valence-corrected chi connectivity index (χ2v) is 6.08. The van der Waals surface area contributed by atoms with E-state index in [0.717, 1.165) is 59.5 Å². The van der Waals surface area contributed by atoms with Crippen molar-refractivity contribution in [3.63, 3.8) is 0 Å². The second kappa shape index (κ2) is 5.68. The molecule has 3 heterocycles. The number of nitrogens with zero attached hydrogens (tertiary/aromatic N) is 4. The van der Waals surface area contributed by atoms with Gasteiger partial charge in [0.2, 0.25) is 5.88 Å². The molecule has 1 aliphatic rings. The van der Waals surface area contributed by atoms with Crippen LogP contribution in [0.4, 0.5) is 0 Å². The van der Waals surface area contributed by atoms with Crippen molar-refractivity contribution in [2.24, 2.45) is 0 Å². The average Bonchev–Trinajstić information content (AvgIpc) is 2.96. The Morgan fingerprint density at radius 3 is 2.59 bits per heavy atom. The fourth-order valence-corrected chi connectivity index (χ4v) is 2.98. The van der Waals surface area contributed by atoms with E-state index in [4.69, 9.17) is 9.26 Å². The Labute approximate surface area is 130 Å². The van der Waals surface area contributed by atoms with Gasteiger partial charge in [-0.25, -0.2) is 4.98 Å². The highest BCUT2D eigenvalue weighted by Crippen LogP contribution is 2.29. The zero-order chi connectivity index (χ0) is 15.9. The van der Waals surface area contributed by atoms with Gasteiger partial charge in [0.1, 0.15) is 17.7 Å². The maximum absolute atomic E-state index is 5.99. The second-order valence-electron chi connectivity index (χ2n) is 6.08. The average molecular weight is 302 g/mol. The summed E-state index contributed by atoms with van der Waals surface area (Å²) in [6.07, 6.45) is 0.989. The number of rotatable bonds is 4. The molecule has 6 heteroatoms. The molecule has 6 nitrogen and oxygen atoms in total. The number of likely N-dealkylation sites (N-methyl/N-ethyl adjacent to an activating group) is 1. The van der Waals surface area contributed by atoms with Crippen LogP contribution in [0.25, 0.3) is 0 Å². The van der Waals surface area contributed by atoms with Crippen molar-refractivity contribution in [1.29, 1.82) is 0 Å². The molecule has 0 bridgehead atoms. The highest BCUT2D eigenvalue weighted by Gasteiger charge is 2.28. The van der Waals surface area contributed by atoms with Crippen molar-refractivity contribution in [2.45, 2.75) is 46.8 Å². The normalized spacial score (nSPS) is 16.9. The van der Waals surface area contributed by atoms with E-state index in [0.29, 0.717) is 0 Å². The number of hydrogen-bond acceptors (Lipinski definition) is 6. The molecule has 1 atom stereocenters. The third-order valence-corrected chi connectivity index (χ3v) is 4.12. The van der Waals surface area contributed by atoms with Gasteiger partial charge in [-0.15, -0.1) is 0 Å². The minimum Gasteiger partial charge on any atom is -0.472 e. The third kappa shape index (κ3) is 2.83. The van der Waals surface area contributed by atoms with Gasteiger partial charge in [-0.2, -0.15) is 4.98 Å². The molecule has 2 aromatic rings. The molecule has 0 amide bonds. The SMILES string of the molecule is Cc1nc(C)c2c(n1)O[C@H](CN(C)Cc1c(C)noc1C)C2. The van der Waals surface area contributed by atoms with Crippen molar-refractivity contribution < 1.29 is 9.26 Å².